The summed E-state index contributed by atoms with van der Waals surface area (Å²) in [6, 6.07) is 0.0620. The van der Waals surface area contributed by atoms with E-state index in [0.717, 1.165) is 51.7 Å². The molecule has 98 valence electrons. The van der Waals surface area contributed by atoms with Gasteiger partial charge in [0.15, 0.2) is 0 Å². The van der Waals surface area contributed by atoms with Gasteiger partial charge in [0.2, 0.25) is 5.91 Å². The number of nitrogens with one attached hydrogen (secondary N) is 1. The van der Waals surface area contributed by atoms with E-state index in [0.29, 0.717) is 0 Å². The average molecular weight is 240 g/mol. The Bertz CT molecular complexity index is 252. The van der Waals surface area contributed by atoms with Crippen molar-refractivity contribution in [1.82, 2.24) is 10.2 Å². The van der Waals surface area contributed by atoms with E-state index in [9.17, 15) is 9.90 Å². The molecule has 0 aromatic rings. The third kappa shape index (κ3) is 3.19. The molecule has 4 heteroatoms. The predicted molar refractivity (Wildman–Crippen MR) is 66.6 cm³/mol. The van der Waals surface area contributed by atoms with Crippen LogP contribution in [-0.2, 0) is 4.79 Å². The molecule has 0 bridgehead atoms. The van der Waals surface area contributed by atoms with Crippen molar-refractivity contribution in [2.45, 2.75) is 44.6 Å². The summed E-state index contributed by atoms with van der Waals surface area (Å²) in [4.78, 5) is 14.4. The largest absolute Gasteiger partial charge is 0.394 e. The summed E-state index contributed by atoms with van der Waals surface area (Å²) in [5.74, 6) is 0.397. The molecule has 0 aromatic heterocycles. The Balaban J connectivity index is 1.98. The number of nitrogens with zero attached hydrogens (tertiary/aromatic N) is 1. The smallest absolute Gasteiger partial charge is 0.227 e. The highest BCUT2D eigenvalue weighted by atomic mass is 16.3. The summed E-state index contributed by atoms with van der Waals surface area (Å²) in [7, 11) is 0. The quantitative estimate of drug-likeness (QED) is 0.749. The van der Waals surface area contributed by atoms with Gasteiger partial charge in [-0.05, 0) is 32.2 Å². The Morgan fingerprint density at radius 2 is 2.12 bits per heavy atom. The molecule has 0 radical (unpaired) electrons. The van der Waals surface area contributed by atoms with E-state index in [4.69, 9.17) is 0 Å². The highest BCUT2D eigenvalue weighted by Gasteiger charge is 2.30. The first kappa shape index (κ1) is 12.8. The summed E-state index contributed by atoms with van der Waals surface area (Å²) >= 11 is 0. The van der Waals surface area contributed by atoms with E-state index in [1.807, 2.05) is 4.90 Å². The van der Waals surface area contributed by atoms with Crippen molar-refractivity contribution in [3.63, 3.8) is 0 Å². The SMILES string of the molecule is O=C([C@@H]1CCCNC1)N1CCCCCC1CO. The molecule has 2 atom stereocenters. The third-order valence-corrected chi connectivity index (χ3v) is 4.02. The van der Waals surface area contributed by atoms with Gasteiger partial charge in [-0.1, -0.05) is 12.8 Å². The van der Waals surface area contributed by atoms with Gasteiger partial charge >= 0.3 is 0 Å². The lowest BCUT2D eigenvalue weighted by molar-refractivity contribution is -0.139. The van der Waals surface area contributed by atoms with Gasteiger partial charge in [0.25, 0.3) is 0 Å². The van der Waals surface area contributed by atoms with Crippen LogP contribution in [0, 0.1) is 5.92 Å². The topological polar surface area (TPSA) is 52.6 Å². The Kier molecular flexibility index (Phi) is 4.80. The van der Waals surface area contributed by atoms with Crippen LogP contribution in [0.15, 0.2) is 0 Å². The second kappa shape index (κ2) is 6.36. The molecule has 2 rings (SSSR count). The van der Waals surface area contributed by atoms with Crippen LogP contribution in [0.25, 0.3) is 0 Å². The van der Waals surface area contributed by atoms with Crippen LogP contribution in [0.2, 0.25) is 0 Å². The number of aliphatic hydroxyl groups is 1. The zero-order chi connectivity index (χ0) is 12.1. The minimum Gasteiger partial charge on any atom is -0.394 e. The number of likely N-dealkylation sites (tertiary alicyclic amines) is 1. The van der Waals surface area contributed by atoms with E-state index in [1.54, 1.807) is 0 Å². The Morgan fingerprint density at radius 1 is 1.24 bits per heavy atom. The molecule has 2 heterocycles. The van der Waals surface area contributed by atoms with Gasteiger partial charge in [0.05, 0.1) is 18.6 Å². The molecule has 1 amide bonds. The van der Waals surface area contributed by atoms with E-state index in [-0.39, 0.29) is 24.5 Å². The fraction of sp³-hybridized carbons (Fsp3) is 0.923. The van der Waals surface area contributed by atoms with Gasteiger partial charge in [-0.15, -0.1) is 0 Å². The first-order chi connectivity index (χ1) is 8.33. The lowest BCUT2D eigenvalue weighted by atomic mass is 9.97. The van der Waals surface area contributed by atoms with Crippen molar-refractivity contribution in [3.8, 4) is 0 Å². The molecule has 2 fully saturated rings. The molecule has 0 saturated carbocycles. The molecule has 17 heavy (non-hydrogen) atoms. The van der Waals surface area contributed by atoms with Crippen LogP contribution in [0.1, 0.15) is 38.5 Å². The molecule has 4 nitrogen and oxygen atoms in total. The normalized spacial score (nSPS) is 31.0. The highest BCUT2D eigenvalue weighted by Crippen LogP contribution is 2.21. The zero-order valence-electron chi connectivity index (χ0n) is 10.5. The molecule has 2 N–H and O–H groups in total. The monoisotopic (exact) mass is 240 g/mol. The maximum absolute atomic E-state index is 12.5. The molecule has 0 aromatic carbocycles. The van der Waals surface area contributed by atoms with E-state index in [1.165, 1.54) is 6.42 Å². The highest BCUT2D eigenvalue weighted by molar-refractivity contribution is 5.79. The van der Waals surface area contributed by atoms with Crippen molar-refractivity contribution in [2.24, 2.45) is 5.92 Å². The molecule has 0 spiro atoms. The van der Waals surface area contributed by atoms with Crippen LogP contribution in [0.5, 0.6) is 0 Å². The third-order valence-electron chi connectivity index (χ3n) is 4.02. The maximum Gasteiger partial charge on any atom is 0.227 e. The minimum atomic E-state index is 0.0620. The van der Waals surface area contributed by atoms with Crippen molar-refractivity contribution >= 4 is 5.91 Å². The minimum absolute atomic E-state index is 0.0620. The molecule has 1 unspecified atom stereocenters. The predicted octanol–water partition coefficient (Wildman–Crippen LogP) is 0.749. The zero-order valence-corrected chi connectivity index (χ0v) is 10.5. The van der Waals surface area contributed by atoms with Gasteiger partial charge in [0, 0.05) is 13.1 Å². The van der Waals surface area contributed by atoms with Crippen LogP contribution in [-0.4, -0.2) is 48.2 Å². The van der Waals surface area contributed by atoms with E-state index in [2.05, 4.69) is 5.32 Å². The lowest BCUT2D eigenvalue weighted by Gasteiger charge is -2.33. The number of hydrogen-bond acceptors (Lipinski definition) is 3. The number of rotatable bonds is 2. The van der Waals surface area contributed by atoms with Crippen molar-refractivity contribution in [1.29, 1.82) is 0 Å². The van der Waals surface area contributed by atoms with E-state index < -0.39 is 0 Å². The van der Waals surface area contributed by atoms with E-state index >= 15 is 0 Å². The van der Waals surface area contributed by atoms with Gasteiger partial charge < -0.3 is 15.3 Å². The second-order valence-electron chi connectivity index (χ2n) is 5.26. The number of amides is 1. The maximum atomic E-state index is 12.5. The number of hydrogen-bond donors (Lipinski definition) is 2. The van der Waals surface area contributed by atoms with Gasteiger partial charge in [0.1, 0.15) is 0 Å². The van der Waals surface area contributed by atoms with Gasteiger partial charge in [-0.3, -0.25) is 4.79 Å². The molecule has 2 saturated heterocycles. The first-order valence-electron chi connectivity index (χ1n) is 6.95. The van der Waals surface area contributed by atoms with Crippen LogP contribution < -0.4 is 5.32 Å². The van der Waals surface area contributed by atoms with Crippen molar-refractivity contribution in [3.05, 3.63) is 0 Å². The molecule has 2 aliphatic rings. The fourth-order valence-corrected chi connectivity index (χ4v) is 2.95. The molecule has 0 aliphatic carbocycles. The average Bonchev–Trinajstić information content (AvgIpc) is 2.64. The fourth-order valence-electron chi connectivity index (χ4n) is 2.95. The van der Waals surface area contributed by atoms with Crippen LogP contribution in [0.4, 0.5) is 0 Å². The molecular formula is C13H24N2O2. The number of aliphatic hydroxyl groups excluding tert-OH is 1. The summed E-state index contributed by atoms with van der Waals surface area (Å²) in [6.07, 6.45) is 6.46. The van der Waals surface area contributed by atoms with Crippen molar-refractivity contribution in [2.75, 3.05) is 26.2 Å². The lowest BCUT2D eigenvalue weighted by Crippen LogP contribution is -2.48. The Hall–Kier alpha value is -0.610. The first-order valence-corrected chi connectivity index (χ1v) is 6.95. The summed E-state index contributed by atoms with van der Waals surface area (Å²) in [5.41, 5.74) is 0. The Morgan fingerprint density at radius 3 is 2.82 bits per heavy atom. The second-order valence-corrected chi connectivity index (χ2v) is 5.26. The van der Waals surface area contributed by atoms with Crippen LogP contribution >= 0.6 is 0 Å². The van der Waals surface area contributed by atoms with Crippen molar-refractivity contribution < 1.29 is 9.90 Å². The van der Waals surface area contributed by atoms with Crippen LogP contribution in [0.3, 0.4) is 0 Å². The Labute approximate surface area is 103 Å². The summed E-state index contributed by atoms with van der Waals surface area (Å²) < 4.78 is 0. The summed E-state index contributed by atoms with van der Waals surface area (Å²) in [5, 5.41) is 12.7. The van der Waals surface area contributed by atoms with Gasteiger partial charge in [-0.2, -0.15) is 0 Å². The number of carbonyl (C=O) groups is 1. The van der Waals surface area contributed by atoms with Gasteiger partial charge in [-0.25, -0.2) is 0 Å². The number of carbonyl (C=O) groups excluding carboxylic acids is 1. The molecule has 2 aliphatic heterocycles. The summed E-state index contributed by atoms with van der Waals surface area (Å²) in [6.45, 7) is 2.80. The standard InChI is InChI=1S/C13H24N2O2/c16-10-12-6-2-1-3-8-15(12)13(17)11-5-4-7-14-9-11/h11-12,14,16H,1-10H2/t11-,12?/m1/s1. The number of piperidine rings is 1. The molecular weight excluding hydrogens is 216 g/mol.